The van der Waals surface area contributed by atoms with E-state index >= 15 is 0 Å². The van der Waals surface area contributed by atoms with E-state index in [0.717, 1.165) is 26.0 Å². The maximum Gasteiger partial charge on any atom is 0.323 e. The summed E-state index contributed by atoms with van der Waals surface area (Å²) in [6.07, 6.45) is 2.19. The van der Waals surface area contributed by atoms with Gasteiger partial charge in [0.15, 0.2) is 0 Å². The average molecular weight is 295 g/mol. The Hall–Kier alpha value is -1.63. The Morgan fingerprint density at radius 1 is 1.29 bits per heavy atom. The van der Waals surface area contributed by atoms with E-state index in [1.165, 1.54) is 0 Å². The van der Waals surface area contributed by atoms with Crippen LogP contribution < -0.4 is 15.4 Å². The van der Waals surface area contributed by atoms with Crippen molar-refractivity contribution in [3.63, 3.8) is 0 Å². The van der Waals surface area contributed by atoms with Crippen LogP contribution in [-0.2, 0) is 4.74 Å². The summed E-state index contributed by atoms with van der Waals surface area (Å²) < 4.78 is 11.1. The van der Waals surface area contributed by atoms with Crippen molar-refractivity contribution in [1.82, 2.24) is 15.0 Å². The van der Waals surface area contributed by atoms with E-state index in [9.17, 15) is 0 Å². The molecule has 1 aliphatic rings. The highest BCUT2D eigenvalue weighted by molar-refractivity contribution is 5.36. The molecular formula is C14H25N5O2. The van der Waals surface area contributed by atoms with Gasteiger partial charge in [-0.1, -0.05) is 0 Å². The van der Waals surface area contributed by atoms with Crippen molar-refractivity contribution in [3.05, 3.63) is 0 Å². The Labute approximate surface area is 125 Å². The molecule has 2 atom stereocenters. The van der Waals surface area contributed by atoms with Gasteiger partial charge in [0.2, 0.25) is 11.9 Å². The molecule has 0 aromatic carbocycles. The fraction of sp³-hybridized carbons (Fsp3) is 0.786. The van der Waals surface area contributed by atoms with Crippen LogP contribution in [0.4, 0.5) is 11.9 Å². The van der Waals surface area contributed by atoms with E-state index in [1.807, 2.05) is 20.8 Å². The van der Waals surface area contributed by atoms with E-state index in [-0.39, 0.29) is 12.2 Å². The third-order valence-electron chi connectivity index (χ3n) is 3.11. The molecule has 0 spiro atoms. The maximum atomic E-state index is 5.59. The summed E-state index contributed by atoms with van der Waals surface area (Å²) in [7, 11) is 0. The lowest BCUT2D eigenvalue weighted by molar-refractivity contribution is 0.0231. The summed E-state index contributed by atoms with van der Waals surface area (Å²) in [6.45, 7) is 9.49. The summed E-state index contributed by atoms with van der Waals surface area (Å²) in [5, 5.41) is 6.46. The average Bonchev–Trinajstić information content (AvgIpc) is 2.37. The van der Waals surface area contributed by atoms with E-state index < -0.39 is 0 Å². The summed E-state index contributed by atoms with van der Waals surface area (Å²) in [4.78, 5) is 13.0. The minimum absolute atomic E-state index is 0.0258. The Bertz CT molecular complexity index is 455. The van der Waals surface area contributed by atoms with Gasteiger partial charge in [0.1, 0.15) is 0 Å². The van der Waals surface area contributed by atoms with Crippen LogP contribution in [0.25, 0.3) is 0 Å². The van der Waals surface area contributed by atoms with Crippen LogP contribution in [0.3, 0.4) is 0 Å². The molecule has 1 aliphatic heterocycles. The molecule has 2 heterocycles. The third-order valence-corrected chi connectivity index (χ3v) is 3.11. The van der Waals surface area contributed by atoms with Gasteiger partial charge in [-0.15, -0.1) is 0 Å². The van der Waals surface area contributed by atoms with Gasteiger partial charge in [0, 0.05) is 19.2 Å². The molecule has 118 valence electrons. The smallest absolute Gasteiger partial charge is 0.323 e. The van der Waals surface area contributed by atoms with Crippen molar-refractivity contribution in [2.75, 3.05) is 23.8 Å². The lowest BCUT2D eigenvalue weighted by atomic mass is 10.0. The largest absolute Gasteiger partial charge is 0.461 e. The summed E-state index contributed by atoms with van der Waals surface area (Å²) in [5.41, 5.74) is 0. The second-order valence-corrected chi connectivity index (χ2v) is 5.51. The van der Waals surface area contributed by atoms with Crippen molar-refractivity contribution in [2.45, 2.75) is 58.8 Å². The van der Waals surface area contributed by atoms with Crippen LogP contribution in [0, 0.1) is 0 Å². The number of hydrogen-bond acceptors (Lipinski definition) is 7. The second-order valence-electron chi connectivity index (χ2n) is 5.51. The van der Waals surface area contributed by atoms with Gasteiger partial charge >= 0.3 is 6.01 Å². The van der Waals surface area contributed by atoms with Crippen LogP contribution in [0.15, 0.2) is 0 Å². The van der Waals surface area contributed by atoms with Crippen LogP contribution in [0.2, 0.25) is 0 Å². The minimum Gasteiger partial charge on any atom is -0.461 e. The standard InChI is InChI=1S/C14H25N5O2/c1-5-15-12-17-13(19-14(18-12)21-9(2)3)16-11-6-7-20-10(4)8-11/h9-11H,5-8H2,1-4H3,(H2,15,16,17,18,19). The first-order valence-corrected chi connectivity index (χ1v) is 7.61. The number of aromatic nitrogens is 3. The summed E-state index contributed by atoms with van der Waals surface area (Å²) >= 11 is 0. The number of nitrogens with zero attached hydrogens (tertiary/aromatic N) is 3. The lowest BCUT2D eigenvalue weighted by Crippen LogP contribution is -2.33. The highest BCUT2D eigenvalue weighted by Gasteiger charge is 2.20. The van der Waals surface area contributed by atoms with Crippen LogP contribution in [0.5, 0.6) is 6.01 Å². The molecule has 2 N–H and O–H groups in total. The van der Waals surface area contributed by atoms with E-state index in [0.29, 0.717) is 23.9 Å². The van der Waals surface area contributed by atoms with Crippen LogP contribution in [-0.4, -0.2) is 46.4 Å². The zero-order valence-electron chi connectivity index (χ0n) is 13.2. The molecule has 7 heteroatoms. The Balaban J connectivity index is 2.10. The van der Waals surface area contributed by atoms with Gasteiger partial charge in [0.25, 0.3) is 0 Å². The Morgan fingerprint density at radius 2 is 2.05 bits per heavy atom. The molecular weight excluding hydrogens is 270 g/mol. The molecule has 1 fully saturated rings. The molecule has 2 rings (SSSR count). The number of rotatable bonds is 6. The fourth-order valence-electron chi connectivity index (χ4n) is 2.23. The zero-order chi connectivity index (χ0) is 15.2. The number of ether oxygens (including phenoxy) is 2. The third kappa shape index (κ3) is 5.00. The Morgan fingerprint density at radius 3 is 2.71 bits per heavy atom. The highest BCUT2D eigenvalue weighted by Crippen LogP contribution is 2.19. The fourth-order valence-corrected chi connectivity index (χ4v) is 2.23. The quantitative estimate of drug-likeness (QED) is 0.831. The molecule has 0 radical (unpaired) electrons. The van der Waals surface area contributed by atoms with Gasteiger partial charge in [-0.25, -0.2) is 0 Å². The monoisotopic (exact) mass is 295 g/mol. The molecule has 0 aliphatic carbocycles. The lowest BCUT2D eigenvalue weighted by Gasteiger charge is -2.28. The first kappa shape index (κ1) is 15.8. The predicted octanol–water partition coefficient (Wildman–Crippen LogP) is 2.07. The SMILES string of the molecule is CCNc1nc(NC2CCOC(C)C2)nc(OC(C)C)n1. The van der Waals surface area contributed by atoms with Crippen LogP contribution >= 0.6 is 0 Å². The number of anilines is 2. The van der Waals surface area contributed by atoms with Crippen molar-refractivity contribution >= 4 is 11.9 Å². The summed E-state index contributed by atoms with van der Waals surface area (Å²) in [6, 6.07) is 0.663. The van der Waals surface area contributed by atoms with Crippen molar-refractivity contribution in [1.29, 1.82) is 0 Å². The first-order chi connectivity index (χ1) is 10.1. The molecule has 1 aromatic heterocycles. The normalized spacial score (nSPS) is 22.1. The van der Waals surface area contributed by atoms with E-state index in [2.05, 4.69) is 32.5 Å². The van der Waals surface area contributed by atoms with Crippen LogP contribution in [0.1, 0.15) is 40.5 Å². The van der Waals surface area contributed by atoms with Gasteiger partial charge in [0.05, 0.1) is 12.2 Å². The van der Waals surface area contributed by atoms with Crippen molar-refractivity contribution < 1.29 is 9.47 Å². The first-order valence-electron chi connectivity index (χ1n) is 7.61. The minimum atomic E-state index is 0.0258. The topological polar surface area (TPSA) is 81.2 Å². The number of hydrogen-bond donors (Lipinski definition) is 2. The molecule has 2 unspecified atom stereocenters. The molecule has 1 saturated heterocycles. The van der Waals surface area contributed by atoms with Crippen molar-refractivity contribution in [2.24, 2.45) is 0 Å². The second kappa shape index (κ2) is 7.40. The maximum absolute atomic E-state index is 5.59. The highest BCUT2D eigenvalue weighted by atomic mass is 16.5. The summed E-state index contributed by atoms with van der Waals surface area (Å²) in [5.74, 6) is 1.08. The molecule has 1 aromatic rings. The number of nitrogens with one attached hydrogen (secondary N) is 2. The molecule has 0 saturated carbocycles. The van der Waals surface area contributed by atoms with Gasteiger partial charge in [-0.3, -0.25) is 0 Å². The van der Waals surface area contributed by atoms with Crippen molar-refractivity contribution in [3.8, 4) is 6.01 Å². The molecule has 21 heavy (non-hydrogen) atoms. The Kier molecular flexibility index (Phi) is 5.55. The molecule has 7 nitrogen and oxygen atoms in total. The molecule has 0 bridgehead atoms. The van der Waals surface area contributed by atoms with Gasteiger partial charge in [-0.05, 0) is 40.5 Å². The molecule has 0 amide bonds. The van der Waals surface area contributed by atoms with Gasteiger partial charge < -0.3 is 20.1 Å². The van der Waals surface area contributed by atoms with E-state index in [1.54, 1.807) is 0 Å². The van der Waals surface area contributed by atoms with Gasteiger partial charge in [-0.2, -0.15) is 15.0 Å². The predicted molar refractivity (Wildman–Crippen MR) is 81.8 cm³/mol. The zero-order valence-corrected chi connectivity index (χ0v) is 13.2. The van der Waals surface area contributed by atoms with E-state index in [4.69, 9.17) is 9.47 Å².